The molecular formula is C16H30F3NO. The maximum absolute atomic E-state index is 12.2. The molecule has 2 nitrogen and oxygen atoms in total. The van der Waals surface area contributed by atoms with Gasteiger partial charge < -0.3 is 10.1 Å². The van der Waals surface area contributed by atoms with Gasteiger partial charge in [0.1, 0.15) is 0 Å². The van der Waals surface area contributed by atoms with Crippen LogP contribution < -0.4 is 5.32 Å². The summed E-state index contributed by atoms with van der Waals surface area (Å²) >= 11 is 0. The molecule has 0 heterocycles. The van der Waals surface area contributed by atoms with Crippen LogP contribution in [-0.2, 0) is 4.74 Å². The van der Waals surface area contributed by atoms with Gasteiger partial charge in [-0.2, -0.15) is 13.2 Å². The van der Waals surface area contributed by atoms with Crippen molar-refractivity contribution in [2.45, 2.75) is 77.6 Å². The Balaban J connectivity index is 2.48. The molecule has 0 aromatic heterocycles. The Morgan fingerprint density at radius 1 is 1.19 bits per heavy atom. The van der Waals surface area contributed by atoms with Crippen molar-refractivity contribution in [3.63, 3.8) is 0 Å². The monoisotopic (exact) mass is 309 g/mol. The molecule has 21 heavy (non-hydrogen) atoms. The Kier molecular flexibility index (Phi) is 6.98. The Morgan fingerprint density at radius 3 is 2.38 bits per heavy atom. The van der Waals surface area contributed by atoms with Crippen LogP contribution >= 0.6 is 0 Å². The van der Waals surface area contributed by atoms with Gasteiger partial charge >= 0.3 is 6.18 Å². The fourth-order valence-electron chi connectivity index (χ4n) is 3.15. The van der Waals surface area contributed by atoms with Crippen LogP contribution in [0.5, 0.6) is 0 Å². The number of rotatable bonds is 7. The van der Waals surface area contributed by atoms with E-state index in [0.717, 1.165) is 25.7 Å². The van der Waals surface area contributed by atoms with Crippen LogP contribution in [0.15, 0.2) is 0 Å². The molecule has 1 aliphatic rings. The topological polar surface area (TPSA) is 21.3 Å². The van der Waals surface area contributed by atoms with E-state index < -0.39 is 12.6 Å². The number of hydrogen-bond donors (Lipinski definition) is 1. The highest BCUT2D eigenvalue weighted by atomic mass is 19.4. The van der Waals surface area contributed by atoms with E-state index in [-0.39, 0.29) is 30.6 Å². The first-order valence-electron chi connectivity index (χ1n) is 8.05. The average molecular weight is 309 g/mol. The fourth-order valence-corrected chi connectivity index (χ4v) is 3.15. The number of ether oxygens (including phenoxy) is 1. The standard InChI is InChI=1S/C16H30F3NO/c1-5-15(2,3)12-7-8-13(20-4)14(11-12)21-10-6-9-16(17,18)19/h12-14,20H,5-11H2,1-4H3. The van der Waals surface area contributed by atoms with Crippen molar-refractivity contribution in [1.82, 2.24) is 5.32 Å². The maximum atomic E-state index is 12.2. The number of halogens is 3. The third-order valence-electron chi connectivity index (χ3n) is 5.12. The molecule has 0 radical (unpaired) electrons. The van der Waals surface area contributed by atoms with Crippen LogP contribution in [0.3, 0.4) is 0 Å². The summed E-state index contributed by atoms with van der Waals surface area (Å²) in [6, 6.07) is 0.264. The minimum Gasteiger partial charge on any atom is -0.377 e. The smallest absolute Gasteiger partial charge is 0.377 e. The Labute approximate surface area is 126 Å². The zero-order valence-electron chi connectivity index (χ0n) is 13.7. The third-order valence-corrected chi connectivity index (χ3v) is 5.12. The molecule has 3 unspecified atom stereocenters. The second kappa shape index (κ2) is 7.82. The average Bonchev–Trinajstić information content (AvgIpc) is 2.42. The van der Waals surface area contributed by atoms with Crippen molar-refractivity contribution in [3.05, 3.63) is 0 Å². The minimum absolute atomic E-state index is 0.0350. The molecule has 126 valence electrons. The van der Waals surface area contributed by atoms with Gasteiger partial charge in [0.25, 0.3) is 0 Å². The molecule has 0 aliphatic heterocycles. The first-order chi connectivity index (χ1) is 9.69. The van der Waals surface area contributed by atoms with Gasteiger partial charge in [-0.1, -0.05) is 27.2 Å². The van der Waals surface area contributed by atoms with Crippen molar-refractivity contribution >= 4 is 0 Å². The van der Waals surface area contributed by atoms with Crippen molar-refractivity contribution in [2.75, 3.05) is 13.7 Å². The molecule has 0 amide bonds. The third kappa shape index (κ3) is 6.15. The Morgan fingerprint density at radius 2 is 1.86 bits per heavy atom. The summed E-state index contributed by atoms with van der Waals surface area (Å²) in [5.41, 5.74) is 0.270. The van der Waals surface area contributed by atoms with Crippen LogP contribution in [-0.4, -0.2) is 32.0 Å². The van der Waals surface area contributed by atoms with E-state index in [2.05, 4.69) is 26.1 Å². The summed E-state index contributed by atoms with van der Waals surface area (Å²) in [6.45, 7) is 6.95. The SMILES string of the molecule is CCC(C)(C)C1CCC(NC)C(OCCCC(F)(F)F)C1. The zero-order chi connectivity index (χ0) is 16.1. The summed E-state index contributed by atoms with van der Waals surface area (Å²) in [7, 11) is 1.90. The molecular weight excluding hydrogens is 279 g/mol. The molecule has 0 saturated heterocycles. The minimum atomic E-state index is -4.08. The van der Waals surface area contributed by atoms with Gasteiger partial charge in [-0.3, -0.25) is 0 Å². The Hall–Kier alpha value is -0.290. The van der Waals surface area contributed by atoms with Crippen molar-refractivity contribution in [1.29, 1.82) is 0 Å². The van der Waals surface area contributed by atoms with Crippen LogP contribution in [0, 0.1) is 11.3 Å². The molecule has 1 rings (SSSR count). The molecule has 1 saturated carbocycles. The lowest BCUT2D eigenvalue weighted by atomic mass is 9.68. The largest absolute Gasteiger partial charge is 0.389 e. The molecule has 0 spiro atoms. The molecule has 3 atom stereocenters. The quantitative estimate of drug-likeness (QED) is 0.697. The van der Waals surface area contributed by atoms with Gasteiger partial charge in [-0.15, -0.1) is 0 Å². The number of alkyl halides is 3. The van der Waals surface area contributed by atoms with E-state index in [1.54, 1.807) is 0 Å². The highest BCUT2D eigenvalue weighted by Crippen LogP contribution is 2.41. The van der Waals surface area contributed by atoms with Gasteiger partial charge in [0.05, 0.1) is 6.10 Å². The number of likely N-dealkylation sites (N-methyl/N-ethyl adjacent to an activating group) is 1. The van der Waals surface area contributed by atoms with Gasteiger partial charge in [-0.25, -0.2) is 0 Å². The van der Waals surface area contributed by atoms with E-state index in [9.17, 15) is 13.2 Å². The first kappa shape index (κ1) is 18.8. The van der Waals surface area contributed by atoms with Gasteiger partial charge in [-0.05, 0) is 44.1 Å². The lowest BCUT2D eigenvalue weighted by Crippen LogP contribution is -2.46. The molecule has 5 heteroatoms. The van der Waals surface area contributed by atoms with Gasteiger partial charge in [0.2, 0.25) is 0 Å². The predicted molar refractivity (Wildman–Crippen MR) is 79.3 cm³/mol. The summed E-state index contributed by atoms with van der Waals surface area (Å²) in [6.07, 6.45) is -0.491. The maximum Gasteiger partial charge on any atom is 0.389 e. The van der Waals surface area contributed by atoms with E-state index >= 15 is 0 Å². The molecule has 0 aromatic carbocycles. The van der Waals surface area contributed by atoms with Crippen LogP contribution in [0.4, 0.5) is 13.2 Å². The molecule has 1 fully saturated rings. The van der Waals surface area contributed by atoms with Crippen LogP contribution in [0.25, 0.3) is 0 Å². The second-order valence-corrected chi connectivity index (χ2v) is 6.88. The molecule has 1 aliphatic carbocycles. The molecule has 0 bridgehead atoms. The van der Waals surface area contributed by atoms with E-state index in [0.29, 0.717) is 5.92 Å². The van der Waals surface area contributed by atoms with Crippen LogP contribution in [0.1, 0.15) is 59.3 Å². The number of hydrogen-bond acceptors (Lipinski definition) is 2. The van der Waals surface area contributed by atoms with Crippen molar-refractivity contribution < 1.29 is 17.9 Å². The van der Waals surface area contributed by atoms with Gasteiger partial charge in [0.15, 0.2) is 0 Å². The molecule has 0 aromatic rings. The summed E-state index contributed by atoms with van der Waals surface area (Å²) < 4.78 is 42.3. The second-order valence-electron chi connectivity index (χ2n) is 6.88. The highest BCUT2D eigenvalue weighted by molar-refractivity contribution is 4.90. The Bertz CT molecular complexity index is 304. The zero-order valence-corrected chi connectivity index (χ0v) is 13.7. The summed E-state index contributed by atoms with van der Waals surface area (Å²) in [5.74, 6) is 0.583. The lowest BCUT2D eigenvalue weighted by molar-refractivity contribution is -0.140. The summed E-state index contributed by atoms with van der Waals surface area (Å²) in [4.78, 5) is 0. The van der Waals surface area contributed by atoms with E-state index in [1.165, 1.54) is 0 Å². The van der Waals surface area contributed by atoms with E-state index in [4.69, 9.17) is 4.74 Å². The lowest BCUT2D eigenvalue weighted by Gasteiger charge is -2.43. The summed E-state index contributed by atoms with van der Waals surface area (Å²) in [5, 5.41) is 3.25. The predicted octanol–water partition coefficient (Wildman–Crippen LogP) is 4.54. The first-order valence-corrected chi connectivity index (χ1v) is 8.05. The van der Waals surface area contributed by atoms with E-state index in [1.807, 2.05) is 7.05 Å². The van der Waals surface area contributed by atoms with Crippen LogP contribution in [0.2, 0.25) is 0 Å². The van der Waals surface area contributed by atoms with Gasteiger partial charge in [0, 0.05) is 19.1 Å². The highest BCUT2D eigenvalue weighted by Gasteiger charge is 2.37. The van der Waals surface area contributed by atoms with Crippen molar-refractivity contribution in [2.24, 2.45) is 11.3 Å². The number of nitrogens with one attached hydrogen (secondary N) is 1. The molecule has 1 N–H and O–H groups in total. The normalized spacial score (nSPS) is 27.9. The fraction of sp³-hybridized carbons (Fsp3) is 1.00. The van der Waals surface area contributed by atoms with Crippen molar-refractivity contribution in [3.8, 4) is 0 Å².